The van der Waals surface area contributed by atoms with Crippen LogP contribution in [0.4, 0.5) is 10.1 Å². The van der Waals surface area contributed by atoms with Crippen LogP contribution in [0.2, 0.25) is 0 Å². The maximum absolute atomic E-state index is 13.5. The van der Waals surface area contributed by atoms with Crippen LogP contribution in [-0.2, 0) is 0 Å². The highest BCUT2D eigenvalue weighted by molar-refractivity contribution is 6.08. The molecule has 0 spiro atoms. The van der Waals surface area contributed by atoms with Crippen LogP contribution in [0.15, 0.2) is 54.9 Å². The van der Waals surface area contributed by atoms with E-state index in [0.717, 1.165) is 17.0 Å². The number of anilines is 1. The van der Waals surface area contributed by atoms with Crippen LogP contribution in [0.5, 0.6) is 5.75 Å². The number of fused-ring (bicyclic) bond motifs is 1. The fourth-order valence-corrected chi connectivity index (χ4v) is 2.08. The monoisotopic (exact) mass is 282 g/mol. The van der Waals surface area contributed by atoms with E-state index in [1.165, 1.54) is 18.3 Å². The Kier molecular flexibility index (Phi) is 3.23. The van der Waals surface area contributed by atoms with Gasteiger partial charge < -0.3 is 10.4 Å². The summed E-state index contributed by atoms with van der Waals surface area (Å²) in [4.78, 5) is 15.8. The summed E-state index contributed by atoms with van der Waals surface area (Å²) in [5.41, 5.74) is 0.104. The number of halogens is 1. The van der Waals surface area contributed by atoms with E-state index in [1.54, 1.807) is 6.07 Å². The molecule has 21 heavy (non-hydrogen) atoms. The third-order valence-corrected chi connectivity index (χ3v) is 3.13. The van der Waals surface area contributed by atoms with E-state index in [2.05, 4.69) is 10.3 Å². The summed E-state index contributed by atoms with van der Waals surface area (Å²) in [6, 6.07) is 11.8. The van der Waals surface area contributed by atoms with E-state index in [9.17, 15) is 14.3 Å². The number of phenolic OH excluding ortho intramolecular Hbond substituents is 1. The number of hydrogen-bond acceptors (Lipinski definition) is 3. The van der Waals surface area contributed by atoms with Gasteiger partial charge in [0.1, 0.15) is 5.75 Å². The number of aromatic hydroxyl groups is 1. The van der Waals surface area contributed by atoms with Crippen molar-refractivity contribution in [3.63, 3.8) is 0 Å². The lowest BCUT2D eigenvalue weighted by Crippen LogP contribution is -2.13. The van der Waals surface area contributed by atoms with Gasteiger partial charge in [-0.15, -0.1) is 0 Å². The van der Waals surface area contributed by atoms with Gasteiger partial charge in [0, 0.05) is 6.20 Å². The number of carbonyl (C=O) groups is 1. The Labute approximate surface area is 119 Å². The summed E-state index contributed by atoms with van der Waals surface area (Å²) in [6.45, 7) is 0. The topological polar surface area (TPSA) is 62.2 Å². The minimum atomic E-state index is -0.633. The summed E-state index contributed by atoms with van der Waals surface area (Å²) in [5, 5.41) is 14.0. The zero-order valence-electron chi connectivity index (χ0n) is 10.9. The number of pyridine rings is 1. The van der Waals surface area contributed by atoms with Crippen LogP contribution in [0.25, 0.3) is 10.8 Å². The third-order valence-electron chi connectivity index (χ3n) is 3.13. The smallest absolute Gasteiger partial charge is 0.259 e. The second-order valence-electron chi connectivity index (χ2n) is 4.53. The maximum Gasteiger partial charge on any atom is 0.259 e. The minimum Gasteiger partial charge on any atom is -0.507 e. The van der Waals surface area contributed by atoms with Gasteiger partial charge in [-0.3, -0.25) is 9.78 Å². The van der Waals surface area contributed by atoms with E-state index >= 15 is 0 Å². The molecule has 2 N–H and O–H groups in total. The van der Waals surface area contributed by atoms with Crippen molar-refractivity contribution in [3.8, 4) is 5.75 Å². The Balaban J connectivity index is 1.98. The van der Waals surface area contributed by atoms with Crippen LogP contribution < -0.4 is 5.32 Å². The van der Waals surface area contributed by atoms with Crippen molar-refractivity contribution in [1.29, 1.82) is 0 Å². The van der Waals surface area contributed by atoms with E-state index in [0.29, 0.717) is 0 Å². The number of carbonyl (C=O) groups excluding carboxylic acids is 1. The predicted molar refractivity (Wildman–Crippen MR) is 77.8 cm³/mol. The number of hydrogen-bond donors (Lipinski definition) is 2. The molecule has 0 radical (unpaired) electrons. The van der Waals surface area contributed by atoms with Gasteiger partial charge in [-0.05, 0) is 29.0 Å². The quantitative estimate of drug-likeness (QED) is 0.757. The third kappa shape index (κ3) is 2.53. The van der Waals surface area contributed by atoms with Crippen molar-refractivity contribution in [3.05, 3.63) is 66.2 Å². The first kappa shape index (κ1) is 13.1. The highest BCUT2D eigenvalue weighted by atomic mass is 19.1. The molecular formula is C16H11FN2O2. The van der Waals surface area contributed by atoms with Crippen molar-refractivity contribution >= 4 is 22.4 Å². The first-order chi connectivity index (χ1) is 10.1. The molecule has 3 aromatic rings. The fraction of sp³-hybridized carbons (Fsp3) is 0. The van der Waals surface area contributed by atoms with Gasteiger partial charge >= 0.3 is 0 Å². The fourth-order valence-electron chi connectivity index (χ4n) is 2.08. The standard InChI is InChI=1S/C16H11FN2O2/c17-13-9-18-6-5-14(13)19-16(21)12-7-10-3-1-2-4-11(10)8-15(12)20/h1-9,20H,(H,18,19,21). The molecule has 104 valence electrons. The predicted octanol–water partition coefficient (Wildman–Crippen LogP) is 3.33. The molecule has 2 aromatic carbocycles. The second-order valence-corrected chi connectivity index (χ2v) is 4.53. The molecule has 1 heterocycles. The molecule has 1 aromatic heterocycles. The van der Waals surface area contributed by atoms with Gasteiger partial charge in [-0.25, -0.2) is 4.39 Å². The van der Waals surface area contributed by atoms with Gasteiger partial charge in [0.2, 0.25) is 0 Å². The normalized spacial score (nSPS) is 10.5. The Hall–Kier alpha value is -2.95. The Bertz CT molecular complexity index is 833. The summed E-state index contributed by atoms with van der Waals surface area (Å²) in [6.07, 6.45) is 2.38. The number of rotatable bonds is 2. The summed E-state index contributed by atoms with van der Waals surface area (Å²) in [5.74, 6) is -1.37. The van der Waals surface area contributed by atoms with E-state index < -0.39 is 11.7 Å². The van der Waals surface area contributed by atoms with Crippen molar-refractivity contribution in [2.75, 3.05) is 5.32 Å². The molecule has 0 fully saturated rings. The molecule has 0 aliphatic rings. The first-order valence-corrected chi connectivity index (χ1v) is 6.28. The van der Waals surface area contributed by atoms with E-state index in [4.69, 9.17) is 0 Å². The minimum absolute atomic E-state index is 0.0163. The van der Waals surface area contributed by atoms with Crippen LogP contribution in [0.3, 0.4) is 0 Å². The largest absolute Gasteiger partial charge is 0.507 e. The zero-order valence-corrected chi connectivity index (χ0v) is 10.9. The number of benzene rings is 2. The van der Waals surface area contributed by atoms with Gasteiger partial charge in [0.25, 0.3) is 5.91 Å². The Morgan fingerprint density at radius 2 is 1.86 bits per heavy atom. The maximum atomic E-state index is 13.5. The van der Waals surface area contributed by atoms with Crippen molar-refractivity contribution in [2.24, 2.45) is 0 Å². The molecule has 0 aliphatic carbocycles. The molecular weight excluding hydrogens is 271 g/mol. The molecule has 5 heteroatoms. The number of aromatic nitrogens is 1. The average molecular weight is 282 g/mol. The molecule has 1 amide bonds. The number of nitrogens with one attached hydrogen (secondary N) is 1. The summed E-state index contributed by atoms with van der Waals surface area (Å²) >= 11 is 0. The van der Waals surface area contributed by atoms with Crippen LogP contribution in [0, 0.1) is 5.82 Å². The molecule has 0 bridgehead atoms. The lowest BCUT2D eigenvalue weighted by Gasteiger charge is -2.09. The molecule has 0 aliphatic heterocycles. The van der Waals surface area contributed by atoms with Crippen molar-refractivity contribution < 1.29 is 14.3 Å². The first-order valence-electron chi connectivity index (χ1n) is 6.28. The molecule has 0 saturated carbocycles. The summed E-state index contributed by atoms with van der Waals surface area (Å²) in [7, 11) is 0. The van der Waals surface area contributed by atoms with Gasteiger partial charge in [-0.2, -0.15) is 0 Å². The highest BCUT2D eigenvalue weighted by Gasteiger charge is 2.14. The second kappa shape index (κ2) is 5.20. The lowest BCUT2D eigenvalue weighted by atomic mass is 10.1. The number of amides is 1. The SMILES string of the molecule is O=C(Nc1ccncc1F)c1cc2ccccc2cc1O. The molecule has 3 rings (SSSR count). The van der Waals surface area contributed by atoms with Gasteiger partial charge in [0.05, 0.1) is 17.4 Å². The van der Waals surface area contributed by atoms with E-state index in [1.807, 2.05) is 24.3 Å². The Morgan fingerprint density at radius 3 is 2.57 bits per heavy atom. The molecule has 4 nitrogen and oxygen atoms in total. The van der Waals surface area contributed by atoms with Crippen LogP contribution in [0.1, 0.15) is 10.4 Å². The van der Waals surface area contributed by atoms with Crippen LogP contribution >= 0.6 is 0 Å². The molecule has 0 unspecified atom stereocenters. The molecule has 0 atom stereocenters. The summed E-state index contributed by atoms with van der Waals surface area (Å²) < 4.78 is 13.5. The Morgan fingerprint density at radius 1 is 1.14 bits per heavy atom. The van der Waals surface area contributed by atoms with Crippen molar-refractivity contribution in [1.82, 2.24) is 4.98 Å². The number of phenols is 1. The van der Waals surface area contributed by atoms with Crippen LogP contribution in [-0.4, -0.2) is 16.0 Å². The average Bonchev–Trinajstić information content (AvgIpc) is 2.49. The van der Waals surface area contributed by atoms with Gasteiger partial charge in [0.15, 0.2) is 5.82 Å². The van der Waals surface area contributed by atoms with E-state index in [-0.39, 0.29) is 17.0 Å². The highest BCUT2D eigenvalue weighted by Crippen LogP contribution is 2.26. The molecule has 0 saturated heterocycles. The number of nitrogens with zero attached hydrogens (tertiary/aromatic N) is 1. The lowest BCUT2D eigenvalue weighted by molar-refractivity contribution is 0.102. The van der Waals surface area contributed by atoms with Gasteiger partial charge in [-0.1, -0.05) is 24.3 Å². The zero-order chi connectivity index (χ0) is 14.8. The van der Waals surface area contributed by atoms with Crippen molar-refractivity contribution in [2.45, 2.75) is 0 Å².